The fourth-order valence-electron chi connectivity index (χ4n) is 3.58. The third-order valence-electron chi connectivity index (χ3n) is 4.91. The second-order valence-electron chi connectivity index (χ2n) is 6.53. The Morgan fingerprint density at radius 2 is 1.85 bits per heavy atom. The molecule has 0 aliphatic carbocycles. The molecule has 142 valence electrons. The lowest BCUT2D eigenvalue weighted by Crippen LogP contribution is -2.54. The molecule has 0 fully saturated rings. The van der Waals surface area contributed by atoms with Crippen molar-refractivity contribution in [2.45, 2.75) is 19.1 Å². The number of fused-ring (bicyclic) bond motifs is 2. The van der Waals surface area contributed by atoms with Gasteiger partial charge < -0.3 is 24.7 Å². The highest BCUT2D eigenvalue weighted by molar-refractivity contribution is 5.71. The van der Waals surface area contributed by atoms with Gasteiger partial charge in [-0.05, 0) is 23.8 Å². The van der Waals surface area contributed by atoms with E-state index in [0.29, 0.717) is 17.2 Å². The molecular formula is C19H21N3O5. The van der Waals surface area contributed by atoms with Gasteiger partial charge in [-0.25, -0.2) is 4.79 Å². The van der Waals surface area contributed by atoms with Gasteiger partial charge in [0.1, 0.15) is 11.5 Å². The van der Waals surface area contributed by atoms with Gasteiger partial charge in [0.15, 0.2) is 17.7 Å². The number of rotatable bonds is 4. The van der Waals surface area contributed by atoms with Gasteiger partial charge in [0.05, 0.1) is 7.11 Å². The van der Waals surface area contributed by atoms with Crippen LogP contribution in [0.3, 0.4) is 0 Å². The van der Waals surface area contributed by atoms with Crippen LogP contribution in [0.1, 0.15) is 24.0 Å². The van der Waals surface area contributed by atoms with Crippen LogP contribution in [-0.4, -0.2) is 26.2 Å². The summed E-state index contributed by atoms with van der Waals surface area (Å²) in [5, 5.41) is 0. The SMILES string of the molecule is COc1ccc([C@@H]2c3cc4c(cc3O[C@H](NNC(N)=O)[C@@H]2C)OCO4)cc1. The maximum absolute atomic E-state index is 11.1. The third-order valence-corrected chi connectivity index (χ3v) is 4.91. The van der Waals surface area contributed by atoms with E-state index in [1.807, 2.05) is 43.3 Å². The number of carbonyl (C=O) groups excluding carboxylic acids is 1. The number of ether oxygens (including phenoxy) is 4. The molecule has 0 saturated heterocycles. The Kier molecular flexibility index (Phi) is 4.41. The molecule has 0 bridgehead atoms. The molecule has 2 aliphatic heterocycles. The fraction of sp³-hybridized carbons (Fsp3) is 0.316. The molecule has 3 atom stereocenters. The summed E-state index contributed by atoms with van der Waals surface area (Å²) in [5.41, 5.74) is 12.5. The predicted octanol–water partition coefficient (Wildman–Crippen LogP) is 2.08. The average molecular weight is 371 g/mol. The molecule has 4 N–H and O–H groups in total. The van der Waals surface area contributed by atoms with Crippen LogP contribution < -0.4 is 35.5 Å². The van der Waals surface area contributed by atoms with Crippen molar-refractivity contribution < 1.29 is 23.7 Å². The number of hydrogen-bond acceptors (Lipinski definition) is 6. The lowest BCUT2D eigenvalue weighted by atomic mass is 9.78. The number of hydrogen-bond donors (Lipinski definition) is 3. The summed E-state index contributed by atoms with van der Waals surface area (Å²) in [5.74, 6) is 2.78. The number of nitrogens with one attached hydrogen (secondary N) is 2. The average Bonchev–Trinajstić information content (AvgIpc) is 3.12. The highest BCUT2D eigenvalue weighted by Gasteiger charge is 2.38. The van der Waals surface area contributed by atoms with Crippen molar-refractivity contribution in [3.63, 3.8) is 0 Å². The van der Waals surface area contributed by atoms with Crippen LogP contribution in [0.4, 0.5) is 4.79 Å². The first-order valence-electron chi connectivity index (χ1n) is 8.62. The molecular weight excluding hydrogens is 350 g/mol. The Morgan fingerprint density at radius 3 is 2.52 bits per heavy atom. The van der Waals surface area contributed by atoms with E-state index in [1.54, 1.807) is 7.11 Å². The Hall–Kier alpha value is -3.13. The predicted molar refractivity (Wildman–Crippen MR) is 96.8 cm³/mol. The number of amides is 2. The van der Waals surface area contributed by atoms with E-state index in [0.717, 1.165) is 16.9 Å². The molecule has 4 rings (SSSR count). The zero-order chi connectivity index (χ0) is 19.0. The molecule has 27 heavy (non-hydrogen) atoms. The second-order valence-corrected chi connectivity index (χ2v) is 6.53. The van der Waals surface area contributed by atoms with Crippen molar-refractivity contribution in [2.75, 3.05) is 13.9 Å². The van der Waals surface area contributed by atoms with E-state index in [-0.39, 0.29) is 18.6 Å². The molecule has 2 aromatic carbocycles. The summed E-state index contributed by atoms with van der Waals surface area (Å²) < 4.78 is 22.3. The van der Waals surface area contributed by atoms with Gasteiger partial charge in [0, 0.05) is 23.5 Å². The van der Waals surface area contributed by atoms with Crippen molar-refractivity contribution in [3.05, 3.63) is 47.5 Å². The molecule has 0 unspecified atom stereocenters. The molecule has 2 aromatic rings. The van der Waals surface area contributed by atoms with Crippen LogP contribution in [0.5, 0.6) is 23.0 Å². The number of benzene rings is 2. The van der Waals surface area contributed by atoms with E-state index >= 15 is 0 Å². The van der Waals surface area contributed by atoms with Crippen molar-refractivity contribution >= 4 is 6.03 Å². The first-order chi connectivity index (χ1) is 13.1. The molecule has 8 heteroatoms. The summed E-state index contributed by atoms with van der Waals surface area (Å²) in [6.45, 7) is 2.23. The van der Waals surface area contributed by atoms with E-state index in [2.05, 4.69) is 10.9 Å². The van der Waals surface area contributed by atoms with Crippen LogP contribution in [0.15, 0.2) is 36.4 Å². The number of nitrogens with two attached hydrogens (primary N) is 1. The van der Waals surface area contributed by atoms with Gasteiger partial charge in [0.25, 0.3) is 0 Å². The monoisotopic (exact) mass is 371 g/mol. The van der Waals surface area contributed by atoms with E-state index < -0.39 is 12.3 Å². The molecule has 2 aliphatic rings. The summed E-state index contributed by atoms with van der Waals surface area (Å²) in [6.07, 6.45) is -0.475. The van der Waals surface area contributed by atoms with Crippen LogP contribution in [-0.2, 0) is 0 Å². The van der Waals surface area contributed by atoms with Crippen molar-refractivity contribution in [1.29, 1.82) is 0 Å². The standard InChI is InChI=1S/C19H21N3O5/c1-10-17(11-3-5-12(24-2)6-4-11)13-7-15-16(26-9-25-15)8-14(13)27-18(10)21-22-19(20)23/h3-8,10,17-18,21H,9H2,1-2H3,(H3,20,22,23)/t10-,17-,18+/m1/s1. The van der Waals surface area contributed by atoms with Gasteiger partial charge in [-0.15, -0.1) is 0 Å². The number of methoxy groups -OCH3 is 1. The van der Waals surface area contributed by atoms with Crippen molar-refractivity contribution in [3.8, 4) is 23.0 Å². The number of urea groups is 1. The molecule has 2 amide bonds. The Balaban J connectivity index is 1.75. The third kappa shape index (κ3) is 3.19. The number of carbonyl (C=O) groups is 1. The zero-order valence-corrected chi connectivity index (χ0v) is 15.0. The lowest BCUT2D eigenvalue weighted by molar-refractivity contribution is 0.0692. The highest BCUT2D eigenvalue weighted by Crippen LogP contribution is 2.48. The maximum atomic E-state index is 11.1. The van der Waals surface area contributed by atoms with Gasteiger partial charge in [-0.3, -0.25) is 5.43 Å². The van der Waals surface area contributed by atoms with Gasteiger partial charge in [-0.2, -0.15) is 5.43 Å². The van der Waals surface area contributed by atoms with Gasteiger partial charge >= 0.3 is 6.03 Å². The van der Waals surface area contributed by atoms with Crippen LogP contribution >= 0.6 is 0 Å². The molecule has 8 nitrogen and oxygen atoms in total. The first kappa shape index (κ1) is 17.3. The molecule has 0 radical (unpaired) electrons. The van der Waals surface area contributed by atoms with E-state index in [1.165, 1.54) is 0 Å². The normalized spacial score (nSPS) is 22.5. The first-order valence-corrected chi connectivity index (χ1v) is 8.62. The quantitative estimate of drug-likeness (QED) is 0.711. The Bertz CT molecular complexity index is 855. The van der Waals surface area contributed by atoms with Crippen molar-refractivity contribution in [2.24, 2.45) is 11.7 Å². The molecule has 0 spiro atoms. The number of primary amides is 1. The zero-order valence-electron chi connectivity index (χ0n) is 15.0. The summed E-state index contributed by atoms with van der Waals surface area (Å²) >= 11 is 0. The molecule has 0 saturated carbocycles. The largest absolute Gasteiger partial charge is 0.497 e. The van der Waals surface area contributed by atoms with Crippen LogP contribution in [0, 0.1) is 5.92 Å². The fourth-order valence-corrected chi connectivity index (χ4v) is 3.58. The van der Waals surface area contributed by atoms with Crippen LogP contribution in [0.2, 0.25) is 0 Å². The molecule has 2 heterocycles. The van der Waals surface area contributed by atoms with Crippen molar-refractivity contribution in [1.82, 2.24) is 10.9 Å². The van der Waals surface area contributed by atoms with Gasteiger partial charge in [-0.1, -0.05) is 19.1 Å². The number of hydrazine groups is 1. The topological polar surface area (TPSA) is 104 Å². The molecule has 0 aromatic heterocycles. The smallest absolute Gasteiger partial charge is 0.326 e. The minimum atomic E-state index is -0.678. The second kappa shape index (κ2) is 6.88. The highest BCUT2D eigenvalue weighted by atomic mass is 16.7. The Labute approximate surface area is 156 Å². The lowest BCUT2D eigenvalue weighted by Gasteiger charge is -2.38. The summed E-state index contributed by atoms with van der Waals surface area (Å²) in [6, 6.07) is 11.0. The Morgan fingerprint density at radius 1 is 1.15 bits per heavy atom. The van der Waals surface area contributed by atoms with E-state index in [9.17, 15) is 4.79 Å². The minimum Gasteiger partial charge on any atom is -0.497 e. The van der Waals surface area contributed by atoms with E-state index in [4.69, 9.17) is 24.7 Å². The maximum Gasteiger partial charge on any atom is 0.326 e. The minimum absolute atomic E-state index is 0.00123. The summed E-state index contributed by atoms with van der Waals surface area (Å²) in [4.78, 5) is 11.1. The van der Waals surface area contributed by atoms with Crippen LogP contribution in [0.25, 0.3) is 0 Å². The van der Waals surface area contributed by atoms with Gasteiger partial charge in [0.2, 0.25) is 6.79 Å². The summed E-state index contributed by atoms with van der Waals surface area (Å²) in [7, 11) is 1.64.